The van der Waals surface area contributed by atoms with Gasteiger partial charge < -0.3 is 25.3 Å². The highest BCUT2D eigenvalue weighted by molar-refractivity contribution is 6.04. The molecule has 4 rings (SSSR count). The Balaban J connectivity index is 0.000000346. The monoisotopic (exact) mass is 534 g/mol. The van der Waals surface area contributed by atoms with Crippen LogP contribution < -0.4 is 16.2 Å². The Hall–Kier alpha value is -5.06. The van der Waals surface area contributed by atoms with Crippen molar-refractivity contribution in [3.63, 3.8) is 0 Å². The topological polar surface area (TPSA) is 150 Å². The number of benzene rings is 2. The Morgan fingerprint density at radius 1 is 1.00 bits per heavy atom. The van der Waals surface area contributed by atoms with E-state index in [-0.39, 0.29) is 5.69 Å². The predicted molar refractivity (Wildman–Crippen MR) is 143 cm³/mol. The summed E-state index contributed by atoms with van der Waals surface area (Å²) in [4.78, 5) is 62.2. The molecule has 0 saturated heterocycles. The van der Waals surface area contributed by atoms with Crippen molar-refractivity contribution < 1.29 is 28.7 Å². The molecule has 0 aliphatic rings. The first-order valence-electron chi connectivity index (χ1n) is 11.9. The van der Waals surface area contributed by atoms with E-state index in [0.717, 1.165) is 4.57 Å². The number of carbonyl (C=O) groups excluding carboxylic acids is 3. The number of aromatic nitrogens is 2. The van der Waals surface area contributed by atoms with Crippen molar-refractivity contribution in [3.8, 4) is 0 Å². The van der Waals surface area contributed by atoms with E-state index < -0.39 is 54.8 Å². The number of rotatable bonds is 9. The van der Waals surface area contributed by atoms with Crippen LogP contribution in [-0.4, -0.2) is 50.9 Å². The van der Waals surface area contributed by atoms with Gasteiger partial charge in [0.1, 0.15) is 24.9 Å². The number of fused-ring (bicyclic) bond motifs is 1. The summed E-state index contributed by atoms with van der Waals surface area (Å²) in [6, 6.07) is 17.7. The smallest absolute Gasteiger partial charge is 0.305 e. The van der Waals surface area contributed by atoms with Crippen LogP contribution in [0.4, 0.5) is 10.1 Å². The Morgan fingerprint density at radius 2 is 1.69 bits per heavy atom. The van der Waals surface area contributed by atoms with Gasteiger partial charge in [-0.15, -0.1) is 0 Å². The molecule has 1 atom stereocenters. The number of ketones is 1. The van der Waals surface area contributed by atoms with Gasteiger partial charge >= 0.3 is 5.97 Å². The number of carbonyl (C=O) groups is 4. The molecule has 0 saturated carbocycles. The number of para-hydroxylation sites is 1. The number of Topliss-reactive ketones (excluding diaryl/α,β-unsaturated/α-hetero) is 1. The fourth-order valence-corrected chi connectivity index (χ4v) is 3.66. The molecule has 0 aliphatic heterocycles. The number of aliphatic carboxylic acids is 1. The molecule has 2 amide bonds. The summed E-state index contributed by atoms with van der Waals surface area (Å²) in [5.74, 6) is -3.84. The minimum atomic E-state index is -1.54. The summed E-state index contributed by atoms with van der Waals surface area (Å²) >= 11 is 0. The minimum absolute atomic E-state index is 0.0731. The summed E-state index contributed by atoms with van der Waals surface area (Å²) in [6.07, 6.45) is 2.53. The molecule has 2 heterocycles. The SMILES string of the molecule is Cc1c[nH]c2ccccc12.O=C(O)C[C@H](NC(=O)Cn1cccc(NC(=O)c2ccccc2)c1=O)C(=O)CF. The Kier molecular flexibility index (Phi) is 9.85. The van der Waals surface area contributed by atoms with Crippen molar-refractivity contribution in [2.24, 2.45) is 0 Å². The number of halogens is 1. The van der Waals surface area contributed by atoms with Crippen molar-refractivity contribution >= 4 is 40.2 Å². The molecule has 0 unspecified atom stereocenters. The molecular formula is C28H27FN4O6. The van der Waals surface area contributed by atoms with Crippen molar-refractivity contribution in [1.82, 2.24) is 14.9 Å². The number of carboxylic acid groups (broad SMARTS) is 1. The van der Waals surface area contributed by atoms with Crippen molar-refractivity contribution in [2.45, 2.75) is 25.9 Å². The maximum atomic E-state index is 12.6. The van der Waals surface area contributed by atoms with Gasteiger partial charge in [0.2, 0.25) is 5.91 Å². The van der Waals surface area contributed by atoms with Crippen molar-refractivity contribution in [2.75, 3.05) is 12.0 Å². The molecule has 202 valence electrons. The molecule has 2 aromatic heterocycles. The van der Waals surface area contributed by atoms with Crippen LogP contribution >= 0.6 is 0 Å². The van der Waals surface area contributed by atoms with Crippen LogP contribution in [0.15, 0.2) is 83.9 Å². The number of pyridine rings is 1. The van der Waals surface area contributed by atoms with Crippen LogP contribution in [-0.2, 0) is 20.9 Å². The van der Waals surface area contributed by atoms with E-state index in [1.807, 2.05) is 12.3 Å². The van der Waals surface area contributed by atoms with Crippen LogP contribution in [0.2, 0.25) is 0 Å². The quantitative estimate of drug-likeness (QED) is 0.259. The highest BCUT2D eigenvalue weighted by Gasteiger charge is 2.23. The largest absolute Gasteiger partial charge is 0.481 e. The fourth-order valence-electron chi connectivity index (χ4n) is 3.66. The molecule has 0 aliphatic carbocycles. The number of amides is 2. The first kappa shape index (κ1) is 28.5. The number of nitrogens with zero attached hydrogens (tertiary/aromatic N) is 1. The first-order valence-corrected chi connectivity index (χ1v) is 11.9. The molecule has 2 aromatic carbocycles. The lowest BCUT2D eigenvalue weighted by atomic mass is 10.1. The van der Waals surface area contributed by atoms with Gasteiger partial charge in [-0.1, -0.05) is 36.4 Å². The fraction of sp³-hybridized carbons (Fsp3) is 0.179. The average Bonchev–Trinajstić information content (AvgIpc) is 3.31. The van der Waals surface area contributed by atoms with Gasteiger partial charge in [0.25, 0.3) is 11.5 Å². The van der Waals surface area contributed by atoms with E-state index in [2.05, 4.69) is 40.7 Å². The van der Waals surface area contributed by atoms with E-state index in [4.69, 9.17) is 5.11 Å². The second-order valence-corrected chi connectivity index (χ2v) is 8.51. The van der Waals surface area contributed by atoms with E-state index in [9.17, 15) is 28.4 Å². The second kappa shape index (κ2) is 13.5. The van der Waals surface area contributed by atoms with Crippen molar-refractivity contribution in [1.29, 1.82) is 0 Å². The van der Waals surface area contributed by atoms with Gasteiger partial charge in [-0.05, 0) is 42.8 Å². The van der Waals surface area contributed by atoms with E-state index in [1.54, 1.807) is 30.3 Å². The number of anilines is 1. The molecule has 0 radical (unpaired) electrons. The number of hydrogen-bond donors (Lipinski definition) is 4. The highest BCUT2D eigenvalue weighted by atomic mass is 19.1. The summed E-state index contributed by atoms with van der Waals surface area (Å²) in [5.41, 5.74) is 2.12. The third kappa shape index (κ3) is 7.96. The Bertz CT molecular complexity index is 1530. The van der Waals surface area contributed by atoms with Gasteiger partial charge in [-0.25, -0.2) is 4.39 Å². The van der Waals surface area contributed by atoms with Gasteiger partial charge in [-0.3, -0.25) is 24.0 Å². The summed E-state index contributed by atoms with van der Waals surface area (Å²) in [6.45, 7) is 0.127. The number of hydrogen-bond acceptors (Lipinski definition) is 5. The zero-order valence-corrected chi connectivity index (χ0v) is 21.0. The first-order chi connectivity index (χ1) is 18.7. The van der Waals surface area contributed by atoms with Crippen LogP contribution in [0.3, 0.4) is 0 Å². The average molecular weight is 535 g/mol. The van der Waals surface area contributed by atoms with E-state index >= 15 is 0 Å². The van der Waals surface area contributed by atoms with Gasteiger partial charge in [-0.2, -0.15) is 0 Å². The van der Waals surface area contributed by atoms with Gasteiger partial charge in [0, 0.05) is 28.9 Å². The molecule has 10 nitrogen and oxygen atoms in total. The number of aryl methyl sites for hydroxylation is 1. The third-order valence-corrected chi connectivity index (χ3v) is 5.65. The molecule has 39 heavy (non-hydrogen) atoms. The van der Waals surface area contributed by atoms with Gasteiger partial charge in [0.05, 0.1) is 6.42 Å². The number of H-pyrrole nitrogens is 1. The highest BCUT2D eigenvalue weighted by Crippen LogP contribution is 2.15. The van der Waals surface area contributed by atoms with Crippen LogP contribution in [0.5, 0.6) is 0 Å². The summed E-state index contributed by atoms with van der Waals surface area (Å²) < 4.78 is 13.5. The molecular weight excluding hydrogens is 507 g/mol. The second-order valence-electron chi connectivity index (χ2n) is 8.51. The Labute approximate surface area is 222 Å². The molecule has 0 bridgehead atoms. The molecule has 4 N–H and O–H groups in total. The standard InChI is InChI=1S/C19H18FN3O6.C9H9N/c20-10-15(24)14(9-17(26)27)21-16(25)11-23-8-4-7-13(19(23)29)22-18(28)12-5-2-1-3-6-12;1-7-6-10-9-5-3-2-4-8(7)9/h1-8,14H,9-11H2,(H,21,25)(H,22,28)(H,26,27);2-6,10H,1H3/t14-;/m0./s1. The lowest BCUT2D eigenvalue weighted by Crippen LogP contribution is -2.45. The molecule has 0 spiro atoms. The summed E-state index contributed by atoms with van der Waals surface area (Å²) in [5, 5.41) is 14.6. The Morgan fingerprint density at radius 3 is 2.36 bits per heavy atom. The van der Waals surface area contributed by atoms with Crippen molar-refractivity contribution in [3.05, 3.63) is 101 Å². The third-order valence-electron chi connectivity index (χ3n) is 5.65. The number of aromatic amines is 1. The normalized spacial score (nSPS) is 11.1. The zero-order valence-electron chi connectivity index (χ0n) is 21.0. The minimum Gasteiger partial charge on any atom is -0.481 e. The maximum Gasteiger partial charge on any atom is 0.305 e. The van der Waals surface area contributed by atoms with Crippen LogP contribution in [0, 0.1) is 6.92 Å². The maximum absolute atomic E-state index is 12.6. The number of alkyl halides is 1. The predicted octanol–water partition coefficient (Wildman–Crippen LogP) is 3.08. The zero-order chi connectivity index (χ0) is 28.4. The summed E-state index contributed by atoms with van der Waals surface area (Å²) in [7, 11) is 0. The molecule has 11 heteroatoms. The molecule has 4 aromatic rings. The van der Waals surface area contributed by atoms with E-state index in [1.165, 1.54) is 34.8 Å². The van der Waals surface area contributed by atoms with Crippen LogP contribution in [0.25, 0.3) is 10.9 Å². The molecule has 0 fully saturated rings. The van der Waals surface area contributed by atoms with E-state index in [0.29, 0.717) is 5.56 Å². The number of carboxylic acids is 1. The lowest BCUT2D eigenvalue weighted by molar-refractivity contribution is -0.140. The lowest BCUT2D eigenvalue weighted by Gasteiger charge is -2.15. The number of nitrogens with one attached hydrogen (secondary N) is 3. The van der Waals surface area contributed by atoms with Crippen LogP contribution in [0.1, 0.15) is 22.3 Å². The van der Waals surface area contributed by atoms with Gasteiger partial charge in [0.15, 0.2) is 5.78 Å².